The number of nitrogens with zero attached hydrogens (tertiary/aromatic N) is 2. The number of thiazole rings is 1. The highest BCUT2D eigenvalue weighted by Crippen LogP contribution is 2.37. The Morgan fingerprint density at radius 3 is 2.68 bits per heavy atom. The molecule has 0 saturated carbocycles. The number of aromatic amines is 1. The lowest BCUT2D eigenvalue weighted by Crippen LogP contribution is -2.34. The molecule has 138 valence electrons. The number of aliphatic hydroxyl groups is 2. The molecule has 3 rings (SSSR count). The second kappa shape index (κ2) is 6.26. The molecule has 0 radical (unpaired) electrons. The van der Waals surface area contributed by atoms with Crippen molar-refractivity contribution in [3.05, 3.63) is 20.0 Å². The average molecular weight is 396 g/mol. The average Bonchev–Trinajstić information content (AvgIpc) is 2.95. The summed E-state index contributed by atoms with van der Waals surface area (Å²) >= 11 is 0.531. The lowest BCUT2D eigenvalue weighted by Gasteiger charge is -2.16. The van der Waals surface area contributed by atoms with Crippen molar-refractivity contribution in [2.24, 2.45) is 0 Å². The predicted molar refractivity (Wildman–Crippen MR) is 82.8 cm³/mol. The normalized spacial score (nSPS) is 27.2. The number of H-pyrrole nitrogens is 1. The lowest BCUT2D eigenvalue weighted by molar-refractivity contribution is -0.167. The van der Waals surface area contributed by atoms with Gasteiger partial charge in [-0.3, -0.25) is 23.7 Å². The molecule has 4 atom stereocenters. The van der Waals surface area contributed by atoms with Gasteiger partial charge in [-0.25, -0.2) is 0 Å². The van der Waals surface area contributed by atoms with E-state index in [1.54, 1.807) is 0 Å². The van der Waals surface area contributed by atoms with E-state index in [-0.39, 0.29) is 16.3 Å². The third kappa shape index (κ3) is 3.38. The first-order valence-corrected chi connectivity index (χ1v) is 9.28. The Hall–Kier alpha value is -1.64. The van der Waals surface area contributed by atoms with Gasteiger partial charge in [-0.1, -0.05) is 11.3 Å². The summed E-state index contributed by atoms with van der Waals surface area (Å²) in [6, 6.07) is 0. The summed E-state index contributed by atoms with van der Waals surface area (Å²) in [5, 5.41) is 20.0. The van der Waals surface area contributed by atoms with Crippen molar-refractivity contribution in [2.75, 3.05) is 12.1 Å². The minimum absolute atomic E-state index is 0.0657. The van der Waals surface area contributed by atoms with E-state index >= 15 is 0 Å². The molecule has 15 heteroatoms. The monoisotopic (exact) mass is 396 g/mol. The van der Waals surface area contributed by atoms with Crippen molar-refractivity contribution in [1.29, 1.82) is 0 Å². The Balaban J connectivity index is 1.98. The van der Waals surface area contributed by atoms with E-state index in [9.17, 15) is 24.4 Å². The number of anilines is 1. The summed E-state index contributed by atoms with van der Waals surface area (Å²) in [5.74, 6) is -0.272. The SMILES string of the molecule is Nc1nc2c(sc(=O)n2[C@@H]2O[C@H](OCP(=O)(O)O)[C@@H](O)[C@H]2O)c(=O)[nH]1. The molecule has 3 heterocycles. The van der Waals surface area contributed by atoms with Gasteiger partial charge in [0.1, 0.15) is 16.9 Å². The summed E-state index contributed by atoms with van der Waals surface area (Å²) in [4.78, 5) is 46.9. The minimum atomic E-state index is -4.54. The number of fused-ring (bicyclic) bond motifs is 1. The Labute approximate surface area is 141 Å². The molecule has 0 amide bonds. The maximum atomic E-state index is 12.2. The van der Waals surface area contributed by atoms with Crippen molar-refractivity contribution >= 4 is 35.2 Å². The number of nitrogens with one attached hydrogen (secondary N) is 1. The van der Waals surface area contributed by atoms with Crippen LogP contribution in [0.1, 0.15) is 6.23 Å². The summed E-state index contributed by atoms with van der Waals surface area (Å²) in [5.41, 5.74) is 4.62. The number of aliphatic hydroxyl groups excluding tert-OH is 2. The van der Waals surface area contributed by atoms with Crippen molar-refractivity contribution in [1.82, 2.24) is 14.5 Å². The van der Waals surface area contributed by atoms with E-state index in [2.05, 4.69) is 9.97 Å². The van der Waals surface area contributed by atoms with Crippen molar-refractivity contribution < 1.29 is 34.0 Å². The van der Waals surface area contributed by atoms with Crippen LogP contribution in [0, 0.1) is 0 Å². The zero-order chi connectivity index (χ0) is 18.5. The second-order valence-corrected chi connectivity index (χ2v) is 7.73. The van der Waals surface area contributed by atoms with Gasteiger partial charge in [-0.2, -0.15) is 4.98 Å². The molecule has 1 aliphatic heterocycles. The predicted octanol–water partition coefficient (Wildman–Crippen LogP) is -2.54. The molecule has 25 heavy (non-hydrogen) atoms. The van der Waals surface area contributed by atoms with Crippen LogP contribution in [0.25, 0.3) is 10.3 Å². The quantitative estimate of drug-likeness (QED) is 0.296. The Morgan fingerprint density at radius 2 is 2.04 bits per heavy atom. The van der Waals surface area contributed by atoms with Gasteiger partial charge in [-0.15, -0.1) is 0 Å². The molecule has 0 spiro atoms. The number of nitrogens with two attached hydrogens (primary N) is 1. The molecule has 0 bridgehead atoms. The molecular formula is C10H13N4O9PS. The molecule has 1 fully saturated rings. The third-order valence-electron chi connectivity index (χ3n) is 3.35. The summed E-state index contributed by atoms with van der Waals surface area (Å²) in [6.07, 6.45) is -7.53. The van der Waals surface area contributed by atoms with E-state index in [0.29, 0.717) is 11.3 Å². The Morgan fingerprint density at radius 1 is 1.36 bits per heavy atom. The molecule has 7 N–H and O–H groups in total. The molecule has 0 aromatic carbocycles. The maximum absolute atomic E-state index is 12.2. The first kappa shape index (κ1) is 18.2. The van der Waals surface area contributed by atoms with Crippen LogP contribution in [0.2, 0.25) is 0 Å². The fourth-order valence-electron chi connectivity index (χ4n) is 2.32. The molecule has 1 saturated heterocycles. The van der Waals surface area contributed by atoms with Crippen molar-refractivity contribution in [3.63, 3.8) is 0 Å². The van der Waals surface area contributed by atoms with Gasteiger partial charge >= 0.3 is 12.5 Å². The van der Waals surface area contributed by atoms with Crippen LogP contribution in [0.3, 0.4) is 0 Å². The number of hydrogen-bond acceptors (Lipinski definition) is 10. The molecule has 1 aliphatic rings. The molecule has 13 nitrogen and oxygen atoms in total. The maximum Gasteiger partial charge on any atom is 0.351 e. The van der Waals surface area contributed by atoms with E-state index in [0.717, 1.165) is 4.57 Å². The highest BCUT2D eigenvalue weighted by atomic mass is 32.1. The van der Waals surface area contributed by atoms with Crippen LogP contribution in [0.15, 0.2) is 9.59 Å². The topological polar surface area (TPSA) is 210 Å². The number of ether oxygens (including phenoxy) is 2. The van der Waals surface area contributed by atoms with Gasteiger partial charge in [0, 0.05) is 0 Å². The number of aromatic nitrogens is 3. The van der Waals surface area contributed by atoms with Crippen molar-refractivity contribution in [3.8, 4) is 0 Å². The largest absolute Gasteiger partial charge is 0.385 e. The fraction of sp³-hybridized carbons (Fsp3) is 0.500. The van der Waals surface area contributed by atoms with Gasteiger partial charge in [0.15, 0.2) is 24.5 Å². The fourth-order valence-corrected chi connectivity index (χ4v) is 3.50. The van der Waals surface area contributed by atoms with Crippen LogP contribution in [-0.2, 0) is 14.0 Å². The lowest BCUT2D eigenvalue weighted by atomic mass is 10.2. The second-order valence-electron chi connectivity index (χ2n) is 5.18. The van der Waals surface area contributed by atoms with Gasteiger partial charge in [0.2, 0.25) is 5.95 Å². The standard InChI is InChI=1S/C10H13N4O9PS/c11-9-12-5-4(6(17)13-9)25-10(18)14(5)7-2(15)3(16)8(23-7)22-1-24(19,20)21/h2-3,7-8,15-16H,1H2,(H2,19,20,21)(H3,11,12,13,17)/t2-,3+,7-,8+/m1/s1. The molecule has 2 aromatic rings. The summed E-state index contributed by atoms with van der Waals surface area (Å²) in [7, 11) is -4.54. The van der Waals surface area contributed by atoms with E-state index in [1.165, 1.54) is 0 Å². The Kier molecular flexibility index (Phi) is 4.55. The van der Waals surface area contributed by atoms with Crippen LogP contribution in [0.4, 0.5) is 5.95 Å². The summed E-state index contributed by atoms with van der Waals surface area (Å²) in [6.45, 7) is 0. The van der Waals surface area contributed by atoms with E-state index in [4.69, 9.17) is 25.0 Å². The van der Waals surface area contributed by atoms with E-state index in [1.807, 2.05) is 0 Å². The zero-order valence-electron chi connectivity index (χ0n) is 12.2. The Bertz CT molecular complexity index is 963. The van der Waals surface area contributed by atoms with Crippen molar-refractivity contribution in [2.45, 2.75) is 24.7 Å². The number of rotatable bonds is 4. The van der Waals surface area contributed by atoms with Gasteiger partial charge < -0.3 is 35.2 Å². The van der Waals surface area contributed by atoms with Crippen LogP contribution < -0.4 is 16.2 Å². The first-order chi connectivity index (χ1) is 11.6. The van der Waals surface area contributed by atoms with Crippen LogP contribution in [0.5, 0.6) is 0 Å². The zero-order valence-corrected chi connectivity index (χ0v) is 13.9. The van der Waals surface area contributed by atoms with Crippen LogP contribution in [-0.4, -0.2) is 59.4 Å². The van der Waals surface area contributed by atoms with Gasteiger partial charge in [0.25, 0.3) is 5.56 Å². The number of hydrogen-bond donors (Lipinski definition) is 6. The highest BCUT2D eigenvalue weighted by molar-refractivity contribution is 7.51. The third-order valence-corrected chi connectivity index (χ3v) is 4.78. The smallest absolute Gasteiger partial charge is 0.351 e. The van der Waals surface area contributed by atoms with Gasteiger partial charge in [-0.05, 0) is 0 Å². The minimum Gasteiger partial charge on any atom is -0.385 e. The molecule has 0 unspecified atom stereocenters. The first-order valence-electron chi connectivity index (χ1n) is 6.67. The van der Waals surface area contributed by atoms with Crippen LogP contribution >= 0.6 is 18.9 Å². The molecule has 0 aliphatic carbocycles. The highest BCUT2D eigenvalue weighted by Gasteiger charge is 2.46. The molecular weight excluding hydrogens is 383 g/mol. The number of nitrogen functional groups attached to an aromatic ring is 1. The summed E-state index contributed by atoms with van der Waals surface area (Å²) < 4.78 is 21.6. The molecule has 2 aromatic heterocycles. The van der Waals surface area contributed by atoms with Gasteiger partial charge in [0.05, 0.1) is 0 Å². The van der Waals surface area contributed by atoms with E-state index < -0.39 is 49.1 Å².